The first-order valence-electron chi connectivity index (χ1n) is 7.34. The van der Waals surface area contributed by atoms with Crippen molar-refractivity contribution in [3.05, 3.63) is 43.3 Å². The van der Waals surface area contributed by atoms with Crippen molar-refractivity contribution in [2.45, 2.75) is 29.5 Å². The van der Waals surface area contributed by atoms with Crippen LogP contribution in [0.1, 0.15) is 18.7 Å². The van der Waals surface area contributed by atoms with Crippen LogP contribution in [0.4, 0.5) is 5.69 Å². The first-order valence-corrected chi connectivity index (χ1v) is 9.83. The third-order valence-electron chi connectivity index (χ3n) is 4.56. The van der Waals surface area contributed by atoms with Crippen LogP contribution in [0, 0.1) is 5.92 Å². The monoisotopic (exact) mass is 424 g/mol. The Labute approximate surface area is 154 Å². The minimum Gasteiger partial charge on any atom is -0.307 e. The number of hydrogen-bond acceptors (Lipinski definition) is 5. The molecule has 0 aliphatic carbocycles. The number of imide groups is 1. The molecule has 4 rings (SSSR count). The highest BCUT2D eigenvalue weighted by atomic mass is 79.9. The van der Waals surface area contributed by atoms with E-state index in [4.69, 9.17) is 0 Å². The predicted octanol–water partition coefficient (Wildman–Crippen LogP) is 3.14. The van der Waals surface area contributed by atoms with E-state index in [9.17, 15) is 14.4 Å². The van der Waals surface area contributed by atoms with Gasteiger partial charge in [-0.15, -0.1) is 0 Å². The SMILES string of the molecule is CC1(C)c2sc(=O)[nH]c2S[C@H]2C(=O)N(c3ccc(Br)cc3)C(=O)[C@H]21. The molecule has 0 saturated carbocycles. The number of fused-ring (bicyclic) bond motifs is 2. The summed E-state index contributed by atoms with van der Waals surface area (Å²) in [6.07, 6.45) is 0. The third-order valence-corrected chi connectivity index (χ3v) is 7.71. The van der Waals surface area contributed by atoms with Crippen molar-refractivity contribution < 1.29 is 9.59 Å². The van der Waals surface area contributed by atoms with E-state index < -0.39 is 16.6 Å². The van der Waals surface area contributed by atoms with Crippen molar-refractivity contribution in [3.8, 4) is 0 Å². The standard InChI is InChI=1S/C16H13BrN2O3S2/c1-16(2)9-10(23-12-11(16)24-15(22)18-12)14(21)19(13(9)20)8-5-3-7(17)4-6-8/h3-6,9-10H,1-2H3,(H,18,22)/t9-,10+/m0/s1. The van der Waals surface area contributed by atoms with Crippen molar-refractivity contribution in [2.75, 3.05) is 4.90 Å². The number of carbonyl (C=O) groups excluding carboxylic acids is 2. The molecular weight excluding hydrogens is 412 g/mol. The second kappa shape index (κ2) is 5.31. The molecular formula is C16H13BrN2O3S2. The summed E-state index contributed by atoms with van der Waals surface area (Å²) in [7, 11) is 0. The van der Waals surface area contributed by atoms with Crippen molar-refractivity contribution in [1.29, 1.82) is 0 Å². The Balaban J connectivity index is 1.81. The maximum absolute atomic E-state index is 13.1. The van der Waals surface area contributed by atoms with E-state index in [1.165, 1.54) is 16.7 Å². The highest BCUT2D eigenvalue weighted by Crippen LogP contribution is 2.53. The first-order chi connectivity index (χ1) is 11.3. The number of rotatable bonds is 1. The molecule has 2 aliphatic rings. The minimum absolute atomic E-state index is 0.148. The summed E-state index contributed by atoms with van der Waals surface area (Å²) in [5.41, 5.74) is 0.0159. The molecule has 0 unspecified atom stereocenters. The van der Waals surface area contributed by atoms with Crippen LogP contribution >= 0.6 is 39.0 Å². The van der Waals surface area contributed by atoms with Crippen LogP contribution in [0.15, 0.2) is 38.6 Å². The van der Waals surface area contributed by atoms with Crippen molar-refractivity contribution in [2.24, 2.45) is 5.92 Å². The molecule has 124 valence electrons. The van der Waals surface area contributed by atoms with Gasteiger partial charge in [0.15, 0.2) is 0 Å². The number of aromatic nitrogens is 1. The molecule has 2 aliphatic heterocycles. The van der Waals surface area contributed by atoms with Crippen LogP contribution in [0.5, 0.6) is 0 Å². The van der Waals surface area contributed by atoms with Gasteiger partial charge in [0.05, 0.1) is 16.6 Å². The summed E-state index contributed by atoms with van der Waals surface area (Å²) >= 11 is 5.79. The zero-order chi connectivity index (χ0) is 17.2. The number of H-pyrrole nitrogens is 1. The number of nitrogens with one attached hydrogen (secondary N) is 1. The lowest BCUT2D eigenvalue weighted by Crippen LogP contribution is -2.41. The smallest absolute Gasteiger partial charge is 0.305 e. The Morgan fingerprint density at radius 2 is 1.79 bits per heavy atom. The molecule has 3 heterocycles. The lowest BCUT2D eigenvalue weighted by Gasteiger charge is -2.36. The molecule has 1 aromatic heterocycles. The number of nitrogens with zero attached hydrogens (tertiary/aromatic N) is 1. The number of benzene rings is 1. The molecule has 0 bridgehead atoms. The number of hydrogen-bond donors (Lipinski definition) is 1. The van der Waals surface area contributed by atoms with Gasteiger partial charge < -0.3 is 4.98 Å². The number of halogens is 1. The number of thioether (sulfide) groups is 1. The molecule has 24 heavy (non-hydrogen) atoms. The Morgan fingerprint density at radius 3 is 2.46 bits per heavy atom. The number of aromatic amines is 1. The Kier molecular flexibility index (Phi) is 3.56. The van der Waals surface area contributed by atoms with Crippen molar-refractivity contribution in [1.82, 2.24) is 4.98 Å². The quantitative estimate of drug-likeness (QED) is 0.713. The summed E-state index contributed by atoms with van der Waals surface area (Å²) in [4.78, 5) is 42.5. The van der Waals surface area contributed by atoms with Crippen LogP contribution in [-0.4, -0.2) is 22.0 Å². The van der Waals surface area contributed by atoms with Gasteiger partial charge >= 0.3 is 4.87 Å². The topological polar surface area (TPSA) is 70.2 Å². The second-order valence-electron chi connectivity index (χ2n) is 6.40. The zero-order valence-corrected chi connectivity index (χ0v) is 16.0. The van der Waals surface area contributed by atoms with Gasteiger partial charge in [-0.3, -0.25) is 14.4 Å². The maximum Gasteiger partial charge on any atom is 0.305 e. The van der Waals surface area contributed by atoms with Gasteiger partial charge in [-0.25, -0.2) is 4.90 Å². The lowest BCUT2D eigenvalue weighted by molar-refractivity contribution is -0.123. The molecule has 1 aromatic carbocycles. The molecule has 5 nitrogen and oxygen atoms in total. The van der Waals surface area contributed by atoms with Gasteiger partial charge in [0.1, 0.15) is 5.25 Å². The maximum atomic E-state index is 13.1. The molecule has 1 fully saturated rings. The van der Waals surface area contributed by atoms with Crippen LogP contribution in [0.25, 0.3) is 0 Å². The fraction of sp³-hybridized carbons (Fsp3) is 0.312. The fourth-order valence-corrected chi connectivity index (χ4v) is 6.43. The average molecular weight is 425 g/mol. The number of amides is 2. The second-order valence-corrected chi connectivity index (χ2v) is 9.45. The molecule has 2 aromatic rings. The van der Waals surface area contributed by atoms with Crippen LogP contribution in [-0.2, 0) is 15.0 Å². The first kappa shape index (κ1) is 16.1. The summed E-state index contributed by atoms with van der Waals surface area (Å²) in [5, 5.41) is 0.212. The molecule has 0 spiro atoms. The summed E-state index contributed by atoms with van der Waals surface area (Å²) in [5.74, 6) is -0.892. The summed E-state index contributed by atoms with van der Waals surface area (Å²) < 4.78 is 0.886. The minimum atomic E-state index is -0.564. The third kappa shape index (κ3) is 2.16. The van der Waals surface area contributed by atoms with Crippen LogP contribution in [0.2, 0.25) is 0 Å². The van der Waals surface area contributed by atoms with E-state index in [0.717, 1.165) is 25.7 Å². The van der Waals surface area contributed by atoms with E-state index in [1.807, 2.05) is 26.0 Å². The van der Waals surface area contributed by atoms with E-state index in [2.05, 4.69) is 20.9 Å². The largest absolute Gasteiger partial charge is 0.307 e. The van der Waals surface area contributed by atoms with Gasteiger partial charge in [0, 0.05) is 14.8 Å². The number of anilines is 1. The fourth-order valence-electron chi connectivity index (χ4n) is 3.39. The van der Waals surface area contributed by atoms with Gasteiger partial charge in [0.25, 0.3) is 0 Å². The van der Waals surface area contributed by atoms with Gasteiger partial charge in [-0.05, 0) is 24.3 Å². The number of carbonyl (C=O) groups is 2. The Hall–Kier alpha value is -1.38. The lowest BCUT2D eigenvalue weighted by atomic mass is 9.76. The molecule has 8 heteroatoms. The Morgan fingerprint density at radius 1 is 1.12 bits per heavy atom. The summed E-state index contributed by atoms with van der Waals surface area (Å²) in [6, 6.07) is 7.13. The average Bonchev–Trinajstić information content (AvgIpc) is 3.00. The Bertz CT molecular complexity index is 916. The molecule has 2 amide bonds. The number of thiazole rings is 1. The summed E-state index contributed by atoms with van der Waals surface area (Å²) in [6.45, 7) is 3.87. The van der Waals surface area contributed by atoms with Crippen LogP contribution in [0.3, 0.4) is 0 Å². The highest BCUT2D eigenvalue weighted by molar-refractivity contribution is 9.10. The normalized spacial score (nSPS) is 24.9. The molecule has 1 N–H and O–H groups in total. The molecule has 0 radical (unpaired) electrons. The van der Waals surface area contributed by atoms with E-state index in [1.54, 1.807) is 12.1 Å². The zero-order valence-electron chi connectivity index (χ0n) is 12.8. The van der Waals surface area contributed by atoms with Gasteiger partial charge in [0.2, 0.25) is 11.8 Å². The molecule has 1 saturated heterocycles. The van der Waals surface area contributed by atoms with E-state index in [-0.39, 0.29) is 16.7 Å². The van der Waals surface area contributed by atoms with Crippen LogP contribution < -0.4 is 9.77 Å². The van der Waals surface area contributed by atoms with Gasteiger partial charge in [-0.1, -0.05) is 52.9 Å². The molecule has 2 atom stereocenters. The van der Waals surface area contributed by atoms with Crippen molar-refractivity contribution >= 4 is 56.5 Å². The van der Waals surface area contributed by atoms with E-state index in [0.29, 0.717) is 5.69 Å². The predicted molar refractivity (Wildman–Crippen MR) is 97.7 cm³/mol. The van der Waals surface area contributed by atoms with Crippen molar-refractivity contribution in [3.63, 3.8) is 0 Å². The van der Waals surface area contributed by atoms with E-state index >= 15 is 0 Å². The van der Waals surface area contributed by atoms with Gasteiger partial charge in [-0.2, -0.15) is 0 Å². The highest BCUT2D eigenvalue weighted by Gasteiger charge is 2.59.